The first-order chi connectivity index (χ1) is 7.74. The predicted molar refractivity (Wildman–Crippen MR) is 66.5 cm³/mol. The van der Waals surface area contributed by atoms with Crippen LogP contribution in [0.5, 0.6) is 0 Å². The van der Waals surface area contributed by atoms with Gasteiger partial charge in [0, 0.05) is 32.9 Å². The zero-order valence-electron chi connectivity index (χ0n) is 9.94. The first-order valence-corrected chi connectivity index (χ1v) is 5.35. The third-order valence-corrected chi connectivity index (χ3v) is 2.34. The van der Waals surface area contributed by atoms with Crippen LogP contribution in [0.15, 0.2) is 18.5 Å². The molecule has 0 saturated carbocycles. The maximum atomic E-state index is 5.76. The third-order valence-electron chi connectivity index (χ3n) is 2.34. The van der Waals surface area contributed by atoms with Gasteiger partial charge in [-0.3, -0.25) is 4.98 Å². The summed E-state index contributed by atoms with van der Waals surface area (Å²) >= 11 is 0. The van der Waals surface area contributed by atoms with Crippen molar-refractivity contribution in [1.29, 1.82) is 0 Å². The standard InChI is InChI=1S/C11H20N4O/c1-15(7-8-16-2)6-5-14-11-3-4-13-9-10(11)12/h3-4,9H,5-8,12H2,1-2H3,(H,13,14). The minimum atomic E-state index is 0.682. The van der Waals surface area contributed by atoms with Crippen LogP contribution in [0.1, 0.15) is 0 Å². The van der Waals surface area contributed by atoms with Crippen molar-refractivity contribution in [2.75, 3.05) is 51.4 Å². The lowest BCUT2D eigenvalue weighted by atomic mass is 10.3. The Morgan fingerprint density at radius 1 is 1.50 bits per heavy atom. The van der Waals surface area contributed by atoms with Gasteiger partial charge in [-0.15, -0.1) is 0 Å². The van der Waals surface area contributed by atoms with Crippen molar-refractivity contribution >= 4 is 11.4 Å². The van der Waals surface area contributed by atoms with Crippen LogP contribution in [0.25, 0.3) is 0 Å². The van der Waals surface area contributed by atoms with Gasteiger partial charge in [0.25, 0.3) is 0 Å². The highest BCUT2D eigenvalue weighted by Crippen LogP contribution is 2.14. The molecule has 1 heterocycles. The molecule has 3 N–H and O–H groups in total. The molecule has 5 heteroatoms. The van der Waals surface area contributed by atoms with Crippen molar-refractivity contribution in [2.24, 2.45) is 0 Å². The van der Waals surface area contributed by atoms with E-state index < -0.39 is 0 Å². The molecule has 0 saturated heterocycles. The summed E-state index contributed by atoms with van der Waals surface area (Å²) in [4.78, 5) is 6.14. The number of methoxy groups -OCH3 is 1. The number of ether oxygens (including phenoxy) is 1. The normalized spacial score (nSPS) is 10.7. The number of hydrogen-bond acceptors (Lipinski definition) is 5. The highest BCUT2D eigenvalue weighted by atomic mass is 16.5. The molecule has 90 valence electrons. The second-order valence-corrected chi connectivity index (χ2v) is 3.69. The van der Waals surface area contributed by atoms with Gasteiger partial charge in [-0.2, -0.15) is 0 Å². The summed E-state index contributed by atoms with van der Waals surface area (Å²) in [5.74, 6) is 0. The molecular weight excluding hydrogens is 204 g/mol. The van der Waals surface area contributed by atoms with Crippen LogP contribution in [0.3, 0.4) is 0 Å². The van der Waals surface area contributed by atoms with Crippen molar-refractivity contribution < 1.29 is 4.74 Å². The summed E-state index contributed by atoms with van der Waals surface area (Å²) < 4.78 is 5.01. The van der Waals surface area contributed by atoms with Crippen LogP contribution in [-0.2, 0) is 4.74 Å². The minimum absolute atomic E-state index is 0.682. The Morgan fingerprint density at radius 2 is 2.31 bits per heavy atom. The number of rotatable bonds is 7. The molecule has 0 spiro atoms. The molecule has 0 unspecified atom stereocenters. The second-order valence-electron chi connectivity index (χ2n) is 3.69. The number of aromatic nitrogens is 1. The Labute approximate surface area is 96.6 Å². The fraction of sp³-hybridized carbons (Fsp3) is 0.545. The number of likely N-dealkylation sites (N-methyl/N-ethyl adjacent to an activating group) is 1. The van der Waals surface area contributed by atoms with Crippen molar-refractivity contribution in [2.45, 2.75) is 0 Å². The summed E-state index contributed by atoms with van der Waals surface area (Å²) in [5, 5.41) is 3.27. The summed E-state index contributed by atoms with van der Waals surface area (Å²) in [7, 11) is 3.78. The summed E-state index contributed by atoms with van der Waals surface area (Å²) in [6.45, 7) is 3.50. The number of hydrogen-bond donors (Lipinski definition) is 2. The Morgan fingerprint density at radius 3 is 3.00 bits per heavy atom. The van der Waals surface area contributed by atoms with Crippen LogP contribution >= 0.6 is 0 Å². The maximum absolute atomic E-state index is 5.76. The maximum Gasteiger partial charge on any atom is 0.0736 e. The van der Waals surface area contributed by atoms with E-state index in [1.54, 1.807) is 19.5 Å². The topological polar surface area (TPSA) is 63.4 Å². The van der Waals surface area contributed by atoms with Gasteiger partial charge in [-0.1, -0.05) is 0 Å². The SMILES string of the molecule is COCCN(C)CCNc1ccncc1N. The largest absolute Gasteiger partial charge is 0.396 e. The van der Waals surface area contributed by atoms with Crippen LogP contribution < -0.4 is 11.1 Å². The first kappa shape index (κ1) is 12.7. The molecule has 0 radical (unpaired) electrons. The van der Waals surface area contributed by atoms with E-state index >= 15 is 0 Å². The van der Waals surface area contributed by atoms with Crippen LogP contribution in [0.2, 0.25) is 0 Å². The van der Waals surface area contributed by atoms with Gasteiger partial charge in [0.15, 0.2) is 0 Å². The van der Waals surface area contributed by atoms with Crippen molar-refractivity contribution in [3.8, 4) is 0 Å². The fourth-order valence-corrected chi connectivity index (χ4v) is 1.31. The van der Waals surface area contributed by atoms with E-state index in [2.05, 4.69) is 22.2 Å². The van der Waals surface area contributed by atoms with E-state index in [0.717, 1.165) is 31.9 Å². The fourth-order valence-electron chi connectivity index (χ4n) is 1.31. The average Bonchev–Trinajstić information content (AvgIpc) is 2.29. The molecule has 0 amide bonds. The summed E-state index contributed by atoms with van der Waals surface area (Å²) in [5.41, 5.74) is 7.38. The smallest absolute Gasteiger partial charge is 0.0736 e. The van der Waals surface area contributed by atoms with Gasteiger partial charge in [0.1, 0.15) is 0 Å². The molecule has 0 aliphatic rings. The second kappa shape index (κ2) is 7.03. The Bertz CT molecular complexity index is 306. The van der Waals surface area contributed by atoms with Crippen molar-refractivity contribution in [1.82, 2.24) is 9.88 Å². The lowest BCUT2D eigenvalue weighted by Gasteiger charge is -2.17. The number of nitrogen functional groups attached to an aromatic ring is 1. The van der Waals surface area contributed by atoms with E-state index in [0.29, 0.717) is 5.69 Å². The Kier molecular flexibility index (Phi) is 5.60. The molecule has 16 heavy (non-hydrogen) atoms. The number of nitrogens with one attached hydrogen (secondary N) is 1. The molecule has 0 aromatic carbocycles. The van der Waals surface area contributed by atoms with E-state index in [9.17, 15) is 0 Å². The Balaban J connectivity index is 2.23. The molecule has 1 rings (SSSR count). The van der Waals surface area contributed by atoms with Crippen LogP contribution in [-0.4, -0.2) is 50.3 Å². The first-order valence-electron chi connectivity index (χ1n) is 5.35. The third kappa shape index (κ3) is 4.46. The number of nitrogens with two attached hydrogens (primary N) is 1. The van der Waals surface area contributed by atoms with Gasteiger partial charge < -0.3 is 20.7 Å². The van der Waals surface area contributed by atoms with E-state index in [4.69, 9.17) is 10.5 Å². The molecule has 1 aromatic heterocycles. The van der Waals surface area contributed by atoms with Gasteiger partial charge in [-0.25, -0.2) is 0 Å². The van der Waals surface area contributed by atoms with Gasteiger partial charge in [0.05, 0.1) is 24.2 Å². The minimum Gasteiger partial charge on any atom is -0.396 e. The highest BCUT2D eigenvalue weighted by molar-refractivity contribution is 5.64. The van der Waals surface area contributed by atoms with E-state index in [-0.39, 0.29) is 0 Å². The lowest BCUT2D eigenvalue weighted by Crippen LogP contribution is -2.28. The van der Waals surface area contributed by atoms with E-state index in [1.165, 1.54) is 0 Å². The number of pyridine rings is 1. The summed E-state index contributed by atoms with van der Waals surface area (Å²) in [6.07, 6.45) is 3.38. The zero-order chi connectivity index (χ0) is 11.8. The molecule has 0 bridgehead atoms. The van der Waals surface area contributed by atoms with Gasteiger partial charge >= 0.3 is 0 Å². The molecule has 0 atom stereocenters. The van der Waals surface area contributed by atoms with Crippen LogP contribution in [0.4, 0.5) is 11.4 Å². The predicted octanol–water partition coefficient (Wildman–Crippen LogP) is 0.654. The highest BCUT2D eigenvalue weighted by Gasteiger charge is 1.99. The molecule has 1 aromatic rings. The molecule has 0 fully saturated rings. The molecule has 0 aliphatic carbocycles. The van der Waals surface area contributed by atoms with Crippen molar-refractivity contribution in [3.63, 3.8) is 0 Å². The molecule has 0 aliphatic heterocycles. The number of nitrogens with zero attached hydrogens (tertiary/aromatic N) is 2. The average molecular weight is 224 g/mol. The number of anilines is 2. The zero-order valence-corrected chi connectivity index (χ0v) is 9.94. The van der Waals surface area contributed by atoms with Gasteiger partial charge in [-0.05, 0) is 13.1 Å². The molecule has 5 nitrogen and oxygen atoms in total. The van der Waals surface area contributed by atoms with E-state index in [1.807, 2.05) is 6.07 Å². The quantitative estimate of drug-likeness (QED) is 0.712. The molecular formula is C11H20N4O. The van der Waals surface area contributed by atoms with Gasteiger partial charge in [0.2, 0.25) is 0 Å². The lowest BCUT2D eigenvalue weighted by molar-refractivity contribution is 0.163. The monoisotopic (exact) mass is 224 g/mol. The Hall–Kier alpha value is -1.33. The summed E-state index contributed by atoms with van der Waals surface area (Å²) in [6, 6.07) is 1.88. The van der Waals surface area contributed by atoms with Crippen molar-refractivity contribution in [3.05, 3.63) is 18.5 Å². The van der Waals surface area contributed by atoms with Crippen LogP contribution in [0, 0.1) is 0 Å².